The third-order valence-electron chi connectivity index (χ3n) is 5.39. The van der Waals surface area contributed by atoms with Crippen molar-refractivity contribution in [3.63, 3.8) is 0 Å². The fourth-order valence-corrected chi connectivity index (χ4v) is 3.66. The maximum absolute atomic E-state index is 13.6. The molecule has 0 atom stereocenters. The van der Waals surface area contributed by atoms with Crippen molar-refractivity contribution in [1.82, 2.24) is 0 Å². The van der Waals surface area contributed by atoms with E-state index in [-0.39, 0.29) is 5.56 Å². The van der Waals surface area contributed by atoms with E-state index in [4.69, 9.17) is 5.26 Å². The van der Waals surface area contributed by atoms with Crippen molar-refractivity contribution in [1.29, 1.82) is 5.26 Å². The Morgan fingerprint density at radius 3 is 2.44 bits per heavy atom. The lowest BCUT2D eigenvalue weighted by molar-refractivity contribution is 0.376. The summed E-state index contributed by atoms with van der Waals surface area (Å²) in [6.07, 6.45) is 9.96. The number of nitriles is 1. The maximum Gasteiger partial charge on any atom is 0.142 e. The molecule has 0 radical (unpaired) electrons. The molecule has 3 rings (SSSR count). The third-order valence-corrected chi connectivity index (χ3v) is 5.39. The molecular weight excluding hydrogens is 333 g/mol. The molecule has 1 fully saturated rings. The summed E-state index contributed by atoms with van der Waals surface area (Å²) < 4.78 is 13.6. The van der Waals surface area contributed by atoms with Crippen LogP contribution in [0, 0.1) is 34.9 Å². The molecule has 27 heavy (non-hydrogen) atoms. The van der Waals surface area contributed by atoms with Gasteiger partial charge in [0.05, 0.1) is 5.56 Å². The monoisotopic (exact) mass is 357 g/mol. The van der Waals surface area contributed by atoms with Crippen molar-refractivity contribution >= 4 is 0 Å². The van der Waals surface area contributed by atoms with Gasteiger partial charge in [0.15, 0.2) is 0 Å². The third kappa shape index (κ3) is 5.08. The Balaban J connectivity index is 1.52. The number of nitrogens with zero attached hydrogens (tertiary/aromatic N) is 1. The van der Waals surface area contributed by atoms with E-state index in [1.165, 1.54) is 48.9 Å². The molecule has 1 aliphatic carbocycles. The first-order chi connectivity index (χ1) is 13.2. The van der Waals surface area contributed by atoms with Crippen molar-refractivity contribution in [2.24, 2.45) is 5.92 Å². The summed E-state index contributed by atoms with van der Waals surface area (Å²) >= 11 is 0. The Labute approximate surface area is 161 Å². The van der Waals surface area contributed by atoms with Crippen LogP contribution in [0.5, 0.6) is 0 Å². The van der Waals surface area contributed by atoms with Gasteiger partial charge < -0.3 is 0 Å². The van der Waals surface area contributed by atoms with Gasteiger partial charge in [-0.2, -0.15) is 5.26 Å². The molecule has 2 heteroatoms. The second kappa shape index (κ2) is 9.20. The standard InChI is InChI=1S/C25H24FN/c1-2-19-7-12-22(13-8-19)23-14-9-20(10-15-23)5-3-4-6-21-11-16-24(18-27)25(26)17-21/h3,5,7-8,11-13,16-17,20,23H,2,9-10,14-15H2,1H3. The fourth-order valence-electron chi connectivity index (χ4n) is 3.66. The number of allylic oxidation sites excluding steroid dienone is 2. The number of aryl methyl sites for hydroxylation is 1. The highest BCUT2D eigenvalue weighted by Gasteiger charge is 2.20. The van der Waals surface area contributed by atoms with Crippen LogP contribution in [0.4, 0.5) is 4.39 Å². The Bertz CT molecular complexity index is 898. The molecule has 1 saturated carbocycles. The maximum atomic E-state index is 13.6. The highest BCUT2D eigenvalue weighted by molar-refractivity contribution is 5.42. The second-order valence-electron chi connectivity index (χ2n) is 7.14. The lowest BCUT2D eigenvalue weighted by Gasteiger charge is -2.27. The second-order valence-corrected chi connectivity index (χ2v) is 7.14. The minimum Gasteiger partial charge on any atom is -0.206 e. The fraction of sp³-hybridized carbons (Fsp3) is 0.320. The minimum atomic E-state index is -0.515. The molecule has 1 nitrogen and oxygen atoms in total. The lowest BCUT2D eigenvalue weighted by Crippen LogP contribution is -2.11. The molecule has 0 aromatic heterocycles. The summed E-state index contributed by atoms with van der Waals surface area (Å²) in [5.41, 5.74) is 3.51. The van der Waals surface area contributed by atoms with Gasteiger partial charge in [-0.1, -0.05) is 49.1 Å². The van der Waals surface area contributed by atoms with Crippen molar-refractivity contribution in [3.8, 4) is 17.9 Å². The lowest BCUT2D eigenvalue weighted by atomic mass is 9.78. The number of benzene rings is 2. The first-order valence-electron chi connectivity index (χ1n) is 9.66. The summed E-state index contributed by atoms with van der Waals surface area (Å²) in [5.74, 6) is 6.66. The molecule has 0 spiro atoms. The van der Waals surface area contributed by atoms with Crippen LogP contribution >= 0.6 is 0 Å². The zero-order chi connectivity index (χ0) is 19.1. The Kier molecular flexibility index (Phi) is 6.45. The normalized spacial score (nSPS) is 19.3. The zero-order valence-corrected chi connectivity index (χ0v) is 15.7. The summed E-state index contributed by atoms with van der Waals surface area (Å²) in [5, 5.41) is 8.75. The largest absolute Gasteiger partial charge is 0.206 e. The van der Waals surface area contributed by atoms with Crippen molar-refractivity contribution in [2.75, 3.05) is 0 Å². The first kappa shape index (κ1) is 18.9. The zero-order valence-electron chi connectivity index (χ0n) is 15.7. The molecule has 0 aliphatic heterocycles. The quantitative estimate of drug-likeness (QED) is 0.605. The topological polar surface area (TPSA) is 23.8 Å². The SMILES string of the molecule is CCc1ccc(C2CCC(C=CC#Cc3ccc(C#N)c(F)c3)CC2)cc1. The van der Waals surface area contributed by atoms with Gasteiger partial charge in [0.1, 0.15) is 11.9 Å². The first-order valence-corrected chi connectivity index (χ1v) is 9.66. The highest BCUT2D eigenvalue weighted by Crippen LogP contribution is 2.36. The van der Waals surface area contributed by atoms with Gasteiger partial charge in [0.2, 0.25) is 0 Å². The van der Waals surface area contributed by atoms with Gasteiger partial charge >= 0.3 is 0 Å². The average Bonchev–Trinajstić information content (AvgIpc) is 2.72. The van der Waals surface area contributed by atoms with E-state index in [0.29, 0.717) is 17.4 Å². The summed E-state index contributed by atoms with van der Waals surface area (Å²) in [7, 11) is 0. The van der Waals surface area contributed by atoms with Crippen LogP contribution in [-0.4, -0.2) is 0 Å². The Morgan fingerprint density at radius 2 is 1.81 bits per heavy atom. The summed E-state index contributed by atoms with van der Waals surface area (Å²) in [6.45, 7) is 2.19. The smallest absolute Gasteiger partial charge is 0.142 e. The summed E-state index contributed by atoms with van der Waals surface area (Å²) in [4.78, 5) is 0. The van der Waals surface area contributed by atoms with Gasteiger partial charge in [0.25, 0.3) is 0 Å². The van der Waals surface area contributed by atoms with Gasteiger partial charge in [-0.3, -0.25) is 0 Å². The predicted octanol–water partition coefficient (Wildman–Crippen LogP) is 6.14. The van der Waals surface area contributed by atoms with E-state index in [0.717, 1.165) is 6.42 Å². The van der Waals surface area contributed by atoms with E-state index in [1.807, 2.05) is 12.1 Å². The van der Waals surface area contributed by atoms with Crippen LogP contribution in [0.2, 0.25) is 0 Å². The molecule has 2 aromatic carbocycles. The molecule has 2 aromatic rings. The summed E-state index contributed by atoms with van der Waals surface area (Å²) in [6, 6.07) is 15.4. The van der Waals surface area contributed by atoms with Crippen LogP contribution in [0.1, 0.15) is 60.8 Å². The van der Waals surface area contributed by atoms with E-state index in [1.54, 1.807) is 6.07 Å². The van der Waals surface area contributed by atoms with Crippen LogP contribution in [0.3, 0.4) is 0 Å². The molecule has 0 saturated heterocycles. The number of hydrogen-bond acceptors (Lipinski definition) is 1. The van der Waals surface area contributed by atoms with Crippen molar-refractivity contribution in [2.45, 2.75) is 44.9 Å². The number of hydrogen-bond donors (Lipinski definition) is 0. The molecule has 136 valence electrons. The molecule has 0 heterocycles. The van der Waals surface area contributed by atoms with Gasteiger partial charge in [0, 0.05) is 5.56 Å². The van der Waals surface area contributed by atoms with Gasteiger partial charge in [-0.25, -0.2) is 4.39 Å². The molecule has 0 bridgehead atoms. The van der Waals surface area contributed by atoms with Gasteiger partial charge in [-0.05, 0) is 79.3 Å². The van der Waals surface area contributed by atoms with Crippen LogP contribution in [-0.2, 0) is 6.42 Å². The molecule has 0 N–H and O–H groups in total. The molecule has 0 unspecified atom stereocenters. The average molecular weight is 357 g/mol. The van der Waals surface area contributed by atoms with E-state index in [2.05, 4.69) is 49.1 Å². The van der Waals surface area contributed by atoms with E-state index in [9.17, 15) is 4.39 Å². The number of halogens is 1. The van der Waals surface area contributed by atoms with Crippen LogP contribution in [0.25, 0.3) is 0 Å². The Hall–Kier alpha value is -2.84. The Morgan fingerprint density at radius 1 is 1.07 bits per heavy atom. The van der Waals surface area contributed by atoms with Crippen molar-refractivity contribution < 1.29 is 4.39 Å². The van der Waals surface area contributed by atoms with Crippen molar-refractivity contribution in [3.05, 3.63) is 82.7 Å². The van der Waals surface area contributed by atoms with Gasteiger partial charge in [-0.15, -0.1) is 0 Å². The highest BCUT2D eigenvalue weighted by atomic mass is 19.1. The van der Waals surface area contributed by atoms with Crippen LogP contribution in [0.15, 0.2) is 54.6 Å². The predicted molar refractivity (Wildman–Crippen MR) is 108 cm³/mol. The van der Waals surface area contributed by atoms with Crippen LogP contribution < -0.4 is 0 Å². The number of rotatable bonds is 3. The van der Waals surface area contributed by atoms with E-state index < -0.39 is 5.82 Å². The van der Waals surface area contributed by atoms with E-state index >= 15 is 0 Å². The minimum absolute atomic E-state index is 0.0529. The molecule has 0 amide bonds. The molecule has 1 aliphatic rings. The molecular formula is C25H24FN.